The van der Waals surface area contributed by atoms with Crippen LogP contribution in [0.2, 0.25) is 5.02 Å². The molecule has 0 fully saturated rings. The Bertz CT molecular complexity index is 433. The second kappa shape index (κ2) is 3.28. The average molecular weight is 212 g/mol. The Morgan fingerprint density at radius 1 is 1.38 bits per heavy atom. The molecule has 0 radical (unpaired) electrons. The summed E-state index contributed by atoms with van der Waals surface area (Å²) in [6, 6.07) is 5.83. The number of aromatic nitrogens is 1. The normalized spacial score (nSPS) is 11.4. The first-order valence-electron chi connectivity index (χ1n) is 4.23. The summed E-state index contributed by atoms with van der Waals surface area (Å²) in [6.07, 6.45) is 0. The van der Waals surface area contributed by atoms with Crippen molar-refractivity contribution in [3.05, 3.63) is 28.2 Å². The second-order valence-corrected chi connectivity index (χ2v) is 4.82. The van der Waals surface area contributed by atoms with Gasteiger partial charge in [-0.3, -0.25) is 0 Å². The van der Waals surface area contributed by atoms with Crippen LogP contribution < -0.4 is 0 Å². The van der Waals surface area contributed by atoms with Crippen molar-refractivity contribution < 1.29 is 0 Å². The standard InChI is InChI=1S/C10H10ClNS/c1-6(2)10-12-8-4-3-7(11)5-9(8)13-10/h3-6H,1-2H3. The number of hydrogen-bond acceptors (Lipinski definition) is 2. The van der Waals surface area contributed by atoms with Gasteiger partial charge in [-0.15, -0.1) is 11.3 Å². The van der Waals surface area contributed by atoms with Crippen molar-refractivity contribution in [2.24, 2.45) is 0 Å². The summed E-state index contributed by atoms with van der Waals surface area (Å²) < 4.78 is 1.18. The summed E-state index contributed by atoms with van der Waals surface area (Å²) in [5.41, 5.74) is 1.05. The summed E-state index contributed by atoms with van der Waals surface area (Å²) in [5.74, 6) is 0.496. The molecule has 0 aliphatic heterocycles. The molecule has 3 heteroatoms. The van der Waals surface area contributed by atoms with Gasteiger partial charge in [0.25, 0.3) is 0 Å². The van der Waals surface area contributed by atoms with Gasteiger partial charge in [0.1, 0.15) is 0 Å². The van der Waals surface area contributed by atoms with E-state index in [2.05, 4.69) is 18.8 Å². The van der Waals surface area contributed by atoms with Crippen molar-refractivity contribution in [2.75, 3.05) is 0 Å². The Hall–Kier alpha value is -0.600. The molecule has 1 nitrogen and oxygen atoms in total. The van der Waals surface area contributed by atoms with Crippen LogP contribution in [0.15, 0.2) is 18.2 Å². The molecule has 0 aliphatic rings. The summed E-state index contributed by atoms with van der Waals surface area (Å²) in [6.45, 7) is 4.30. The third-order valence-corrected chi connectivity index (χ3v) is 3.41. The molecular formula is C10H10ClNS. The van der Waals surface area contributed by atoms with Crippen LogP contribution in [-0.2, 0) is 0 Å². The van der Waals surface area contributed by atoms with Crippen LogP contribution in [0.3, 0.4) is 0 Å². The fraction of sp³-hybridized carbons (Fsp3) is 0.300. The van der Waals surface area contributed by atoms with Gasteiger partial charge in [-0.05, 0) is 18.2 Å². The van der Waals surface area contributed by atoms with Crippen LogP contribution >= 0.6 is 22.9 Å². The summed E-state index contributed by atoms with van der Waals surface area (Å²) in [7, 11) is 0. The van der Waals surface area contributed by atoms with E-state index in [0.717, 1.165) is 10.5 Å². The predicted octanol–water partition coefficient (Wildman–Crippen LogP) is 4.07. The molecule has 2 aromatic rings. The van der Waals surface area contributed by atoms with Crippen molar-refractivity contribution in [1.29, 1.82) is 0 Å². The number of thiazole rings is 1. The lowest BCUT2D eigenvalue weighted by atomic mass is 10.2. The molecule has 2 rings (SSSR count). The SMILES string of the molecule is CC(C)c1nc2ccc(Cl)cc2s1. The van der Waals surface area contributed by atoms with Gasteiger partial charge in [-0.2, -0.15) is 0 Å². The molecule has 0 unspecified atom stereocenters. The molecule has 0 aliphatic carbocycles. The molecule has 0 saturated heterocycles. The minimum absolute atomic E-state index is 0.496. The van der Waals surface area contributed by atoms with Gasteiger partial charge in [0, 0.05) is 10.9 Å². The number of benzene rings is 1. The Labute approximate surface area is 86.4 Å². The highest BCUT2D eigenvalue weighted by Gasteiger charge is 2.06. The maximum atomic E-state index is 5.89. The molecule has 0 bridgehead atoms. The number of hydrogen-bond donors (Lipinski definition) is 0. The van der Waals surface area contributed by atoms with Crippen LogP contribution in [0, 0.1) is 0 Å². The fourth-order valence-corrected chi connectivity index (χ4v) is 2.41. The first-order valence-corrected chi connectivity index (χ1v) is 5.42. The minimum Gasteiger partial charge on any atom is -0.241 e. The highest BCUT2D eigenvalue weighted by molar-refractivity contribution is 7.18. The monoisotopic (exact) mass is 211 g/mol. The molecular weight excluding hydrogens is 202 g/mol. The van der Waals surface area contributed by atoms with E-state index in [-0.39, 0.29) is 0 Å². The zero-order chi connectivity index (χ0) is 9.42. The molecule has 13 heavy (non-hydrogen) atoms. The second-order valence-electron chi connectivity index (χ2n) is 3.32. The number of rotatable bonds is 1. The Balaban J connectivity index is 2.62. The van der Waals surface area contributed by atoms with Crippen LogP contribution in [0.1, 0.15) is 24.8 Å². The van der Waals surface area contributed by atoms with Gasteiger partial charge in [0.05, 0.1) is 15.2 Å². The van der Waals surface area contributed by atoms with Gasteiger partial charge in [-0.1, -0.05) is 25.4 Å². The molecule has 0 spiro atoms. The van der Waals surface area contributed by atoms with E-state index in [0.29, 0.717) is 5.92 Å². The van der Waals surface area contributed by atoms with Gasteiger partial charge in [0.2, 0.25) is 0 Å². The lowest BCUT2D eigenvalue weighted by molar-refractivity contribution is 0.857. The molecule has 0 N–H and O–H groups in total. The van der Waals surface area contributed by atoms with Gasteiger partial charge < -0.3 is 0 Å². The molecule has 0 atom stereocenters. The molecule has 68 valence electrons. The van der Waals surface area contributed by atoms with Crippen molar-refractivity contribution >= 4 is 33.2 Å². The van der Waals surface area contributed by atoms with E-state index < -0.39 is 0 Å². The lowest BCUT2D eigenvalue weighted by Crippen LogP contribution is -1.82. The average Bonchev–Trinajstić information content (AvgIpc) is 2.46. The molecule has 1 aromatic carbocycles. The zero-order valence-electron chi connectivity index (χ0n) is 7.54. The predicted molar refractivity (Wildman–Crippen MR) is 58.7 cm³/mol. The van der Waals surface area contributed by atoms with E-state index >= 15 is 0 Å². The van der Waals surface area contributed by atoms with Crippen LogP contribution in [0.5, 0.6) is 0 Å². The summed E-state index contributed by atoms with van der Waals surface area (Å²) in [4.78, 5) is 4.51. The highest BCUT2D eigenvalue weighted by atomic mass is 35.5. The topological polar surface area (TPSA) is 12.9 Å². The van der Waals surface area contributed by atoms with Gasteiger partial charge >= 0.3 is 0 Å². The van der Waals surface area contributed by atoms with Crippen molar-refractivity contribution in [3.8, 4) is 0 Å². The highest BCUT2D eigenvalue weighted by Crippen LogP contribution is 2.28. The quantitative estimate of drug-likeness (QED) is 0.693. The maximum Gasteiger partial charge on any atom is 0.0963 e. The number of halogens is 1. The Morgan fingerprint density at radius 3 is 2.85 bits per heavy atom. The third kappa shape index (κ3) is 1.69. The van der Waals surface area contributed by atoms with Crippen molar-refractivity contribution in [1.82, 2.24) is 4.98 Å². The minimum atomic E-state index is 0.496. The Morgan fingerprint density at radius 2 is 2.15 bits per heavy atom. The van der Waals surface area contributed by atoms with E-state index in [1.165, 1.54) is 9.71 Å². The first kappa shape index (κ1) is 8.97. The van der Waals surface area contributed by atoms with Crippen molar-refractivity contribution in [2.45, 2.75) is 19.8 Å². The smallest absolute Gasteiger partial charge is 0.0963 e. The summed E-state index contributed by atoms with van der Waals surface area (Å²) >= 11 is 7.61. The first-order chi connectivity index (χ1) is 6.16. The van der Waals surface area contributed by atoms with Crippen LogP contribution in [0.25, 0.3) is 10.2 Å². The Kier molecular flexibility index (Phi) is 2.26. The van der Waals surface area contributed by atoms with E-state index in [1.54, 1.807) is 11.3 Å². The molecule has 1 aromatic heterocycles. The van der Waals surface area contributed by atoms with E-state index in [4.69, 9.17) is 11.6 Å². The third-order valence-electron chi connectivity index (χ3n) is 1.86. The van der Waals surface area contributed by atoms with Gasteiger partial charge in [0.15, 0.2) is 0 Å². The fourth-order valence-electron chi connectivity index (χ4n) is 1.16. The zero-order valence-corrected chi connectivity index (χ0v) is 9.12. The largest absolute Gasteiger partial charge is 0.241 e. The molecule has 0 amide bonds. The van der Waals surface area contributed by atoms with E-state index in [9.17, 15) is 0 Å². The van der Waals surface area contributed by atoms with Crippen molar-refractivity contribution in [3.63, 3.8) is 0 Å². The summed E-state index contributed by atoms with van der Waals surface area (Å²) in [5, 5.41) is 1.96. The number of nitrogens with zero attached hydrogens (tertiary/aromatic N) is 1. The maximum absolute atomic E-state index is 5.89. The van der Waals surface area contributed by atoms with Crippen LogP contribution in [0.4, 0.5) is 0 Å². The molecule has 1 heterocycles. The number of fused-ring (bicyclic) bond motifs is 1. The molecule has 0 saturated carbocycles. The van der Waals surface area contributed by atoms with E-state index in [1.807, 2.05) is 18.2 Å². The van der Waals surface area contributed by atoms with Crippen LogP contribution in [-0.4, -0.2) is 4.98 Å². The van der Waals surface area contributed by atoms with Gasteiger partial charge in [-0.25, -0.2) is 4.98 Å². The lowest BCUT2D eigenvalue weighted by Gasteiger charge is -1.94.